The Kier molecular flexibility index (Phi) is 2.19. The minimum absolute atomic E-state index is 0.105. The summed E-state index contributed by atoms with van der Waals surface area (Å²) in [4.78, 5) is 14.8. The molecule has 0 fully saturated rings. The lowest BCUT2D eigenvalue weighted by Gasteiger charge is -2.14. The van der Waals surface area contributed by atoms with Crippen LogP contribution in [0.25, 0.3) is 0 Å². The van der Waals surface area contributed by atoms with Crippen molar-refractivity contribution >= 4 is 17.9 Å². The fraction of sp³-hybridized carbons (Fsp3) is 0.400. The zero-order valence-corrected chi connectivity index (χ0v) is 9.06. The van der Waals surface area contributed by atoms with Crippen molar-refractivity contribution in [1.82, 2.24) is 4.98 Å². The first-order chi connectivity index (χ1) is 6.99. The first-order valence-corrected chi connectivity index (χ1v) is 4.82. The molecule has 0 aliphatic carbocycles. The van der Waals surface area contributed by atoms with Crippen LogP contribution in [0.4, 0.5) is 4.39 Å². The summed E-state index contributed by atoms with van der Waals surface area (Å²) in [6, 6.07) is 0. The third kappa shape index (κ3) is 1.32. The Hall–Kier alpha value is -1.16. The van der Waals surface area contributed by atoms with Gasteiger partial charge in [-0.15, -0.1) is 0 Å². The van der Waals surface area contributed by atoms with Gasteiger partial charge in [-0.3, -0.25) is 0 Å². The Morgan fingerprint density at radius 3 is 2.93 bits per heavy atom. The molecule has 1 aliphatic rings. The predicted octanol–water partition coefficient (Wildman–Crippen LogP) is 2.03. The molecule has 0 spiro atoms. The van der Waals surface area contributed by atoms with Crippen molar-refractivity contribution < 1.29 is 13.9 Å². The second kappa shape index (κ2) is 3.17. The predicted molar refractivity (Wildman–Crippen MR) is 52.9 cm³/mol. The Morgan fingerprint density at radius 2 is 2.33 bits per heavy atom. The number of nitrogens with zero attached hydrogens (tertiary/aromatic N) is 1. The van der Waals surface area contributed by atoms with Crippen LogP contribution in [0.2, 0.25) is 5.15 Å². The molecule has 2 heterocycles. The van der Waals surface area contributed by atoms with Crippen molar-refractivity contribution in [2.24, 2.45) is 0 Å². The summed E-state index contributed by atoms with van der Waals surface area (Å²) in [5, 5.41) is 0.106. The van der Waals surface area contributed by atoms with Crippen LogP contribution in [-0.4, -0.2) is 17.9 Å². The lowest BCUT2D eigenvalue weighted by atomic mass is 9.86. The van der Waals surface area contributed by atoms with Crippen LogP contribution in [0.3, 0.4) is 0 Å². The third-order valence-electron chi connectivity index (χ3n) is 2.57. The standard InChI is InChI=1S/C10H9ClFNO2/c1-5-7(12)6-8(9(11)13-5)15-4-10(6,2)3-14/h3H,4H2,1-2H3. The highest BCUT2D eigenvalue weighted by atomic mass is 35.5. The van der Waals surface area contributed by atoms with E-state index in [1.165, 1.54) is 6.92 Å². The molecule has 0 amide bonds. The van der Waals surface area contributed by atoms with Crippen molar-refractivity contribution in [2.45, 2.75) is 19.3 Å². The van der Waals surface area contributed by atoms with Crippen LogP contribution in [0, 0.1) is 12.7 Å². The highest BCUT2D eigenvalue weighted by Gasteiger charge is 2.41. The summed E-state index contributed by atoms with van der Waals surface area (Å²) < 4.78 is 19.0. The van der Waals surface area contributed by atoms with Crippen LogP contribution in [-0.2, 0) is 10.2 Å². The molecule has 15 heavy (non-hydrogen) atoms. The lowest BCUT2D eigenvalue weighted by Crippen LogP contribution is -2.26. The van der Waals surface area contributed by atoms with E-state index in [-0.39, 0.29) is 28.8 Å². The van der Waals surface area contributed by atoms with Crippen LogP contribution >= 0.6 is 11.6 Å². The van der Waals surface area contributed by atoms with Crippen molar-refractivity contribution in [3.8, 4) is 5.75 Å². The van der Waals surface area contributed by atoms with E-state index in [2.05, 4.69) is 4.98 Å². The van der Waals surface area contributed by atoms with Crippen molar-refractivity contribution in [2.75, 3.05) is 6.61 Å². The van der Waals surface area contributed by atoms with Crippen molar-refractivity contribution in [1.29, 1.82) is 0 Å². The maximum Gasteiger partial charge on any atom is 0.171 e. The first-order valence-electron chi connectivity index (χ1n) is 4.45. The van der Waals surface area contributed by atoms with E-state index in [1.54, 1.807) is 6.92 Å². The molecule has 0 saturated heterocycles. The maximum atomic E-state index is 13.8. The summed E-state index contributed by atoms with van der Waals surface area (Å²) in [6.07, 6.45) is 0.678. The highest BCUT2D eigenvalue weighted by Crippen LogP contribution is 2.43. The average Bonchev–Trinajstić information content (AvgIpc) is 2.55. The number of hydrogen-bond acceptors (Lipinski definition) is 3. The first kappa shape index (κ1) is 10.4. The number of aromatic nitrogens is 1. The molecule has 1 aromatic heterocycles. The SMILES string of the molecule is Cc1nc(Cl)c2c(c1F)C(C)(C=O)CO2. The minimum Gasteiger partial charge on any atom is -0.489 e. The van der Waals surface area contributed by atoms with Gasteiger partial charge >= 0.3 is 0 Å². The quantitative estimate of drug-likeness (QED) is 0.546. The molecule has 2 rings (SSSR count). The number of carbonyl (C=O) groups excluding carboxylic acids is 1. The van der Waals surface area contributed by atoms with E-state index in [4.69, 9.17) is 16.3 Å². The Bertz CT molecular complexity index is 450. The van der Waals surface area contributed by atoms with Gasteiger partial charge in [0.05, 0.1) is 16.7 Å². The van der Waals surface area contributed by atoms with Gasteiger partial charge in [-0.2, -0.15) is 0 Å². The van der Waals surface area contributed by atoms with E-state index in [0.717, 1.165) is 0 Å². The fourth-order valence-electron chi connectivity index (χ4n) is 1.66. The van der Waals surface area contributed by atoms with Gasteiger partial charge in [0.2, 0.25) is 0 Å². The van der Waals surface area contributed by atoms with Gasteiger partial charge in [0, 0.05) is 0 Å². The van der Waals surface area contributed by atoms with Gasteiger partial charge in [0.15, 0.2) is 16.7 Å². The normalized spacial score (nSPS) is 23.5. The summed E-state index contributed by atoms with van der Waals surface area (Å²) in [7, 11) is 0. The number of pyridine rings is 1. The van der Waals surface area contributed by atoms with Gasteiger partial charge < -0.3 is 9.53 Å². The molecule has 0 bridgehead atoms. The molecule has 0 aromatic carbocycles. The van der Waals surface area contributed by atoms with Gasteiger partial charge in [0.25, 0.3) is 0 Å². The maximum absolute atomic E-state index is 13.8. The number of fused-ring (bicyclic) bond motifs is 1. The van der Waals surface area contributed by atoms with E-state index in [9.17, 15) is 9.18 Å². The largest absolute Gasteiger partial charge is 0.489 e. The molecule has 1 unspecified atom stereocenters. The van der Waals surface area contributed by atoms with Crippen molar-refractivity contribution in [3.63, 3.8) is 0 Å². The van der Waals surface area contributed by atoms with Crippen LogP contribution in [0.5, 0.6) is 5.75 Å². The number of halogens is 2. The number of ether oxygens (including phenoxy) is 1. The van der Waals surface area contributed by atoms with E-state index < -0.39 is 11.2 Å². The van der Waals surface area contributed by atoms with Gasteiger partial charge in [0.1, 0.15) is 12.9 Å². The lowest BCUT2D eigenvalue weighted by molar-refractivity contribution is -0.112. The molecular formula is C10H9ClFNO2. The molecular weight excluding hydrogens is 221 g/mol. The molecule has 0 N–H and O–H groups in total. The van der Waals surface area contributed by atoms with Crippen LogP contribution in [0.1, 0.15) is 18.2 Å². The Labute approximate surface area is 91.2 Å². The summed E-state index contributed by atoms with van der Waals surface area (Å²) in [5.41, 5.74) is -0.566. The summed E-state index contributed by atoms with van der Waals surface area (Å²) in [6.45, 7) is 3.23. The van der Waals surface area contributed by atoms with Crippen LogP contribution < -0.4 is 4.74 Å². The number of carbonyl (C=O) groups is 1. The number of rotatable bonds is 1. The summed E-state index contributed by atoms with van der Waals surface area (Å²) >= 11 is 5.81. The highest BCUT2D eigenvalue weighted by molar-refractivity contribution is 6.31. The molecule has 3 nitrogen and oxygen atoms in total. The second-order valence-electron chi connectivity index (χ2n) is 3.83. The molecule has 80 valence electrons. The van der Waals surface area contributed by atoms with E-state index in [1.807, 2.05) is 0 Å². The smallest absolute Gasteiger partial charge is 0.171 e. The van der Waals surface area contributed by atoms with Gasteiger partial charge in [-0.25, -0.2) is 9.37 Å². The monoisotopic (exact) mass is 229 g/mol. The van der Waals surface area contributed by atoms with Crippen molar-refractivity contribution in [3.05, 3.63) is 22.2 Å². The molecule has 0 saturated carbocycles. The molecule has 1 aliphatic heterocycles. The number of aryl methyl sites for hydroxylation is 1. The fourth-order valence-corrected chi connectivity index (χ4v) is 1.94. The molecule has 0 radical (unpaired) electrons. The average molecular weight is 230 g/mol. The van der Waals surface area contributed by atoms with E-state index >= 15 is 0 Å². The number of hydrogen-bond donors (Lipinski definition) is 0. The molecule has 5 heteroatoms. The van der Waals surface area contributed by atoms with E-state index in [0.29, 0.717) is 6.29 Å². The van der Waals surface area contributed by atoms with Gasteiger partial charge in [-0.05, 0) is 13.8 Å². The zero-order chi connectivity index (χ0) is 11.2. The van der Waals surface area contributed by atoms with Gasteiger partial charge in [-0.1, -0.05) is 11.6 Å². The second-order valence-corrected chi connectivity index (χ2v) is 4.19. The topological polar surface area (TPSA) is 39.2 Å². The third-order valence-corrected chi connectivity index (χ3v) is 2.82. The molecule has 1 atom stereocenters. The number of aldehydes is 1. The summed E-state index contributed by atoms with van der Waals surface area (Å²) in [5.74, 6) is -0.323. The Balaban J connectivity index is 2.76. The molecule has 1 aromatic rings. The van der Waals surface area contributed by atoms with Crippen LogP contribution in [0.15, 0.2) is 0 Å². The zero-order valence-electron chi connectivity index (χ0n) is 8.30. The minimum atomic E-state index is -0.962. The Morgan fingerprint density at radius 1 is 1.67 bits per heavy atom.